The summed E-state index contributed by atoms with van der Waals surface area (Å²) in [5, 5.41) is 37.8. The van der Waals surface area contributed by atoms with Crippen LogP contribution >= 0.6 is 0 Å². The predicted octanol–water partition coefficient (Wildman–Crippen LogP) is 3.32. The lowest BCUT2D eigenvalue weighted by atomic mass is 10.0. The Kier molecular flexibility index (Phi) is 9.15. The molecule has 2 fully saturated rings. The summed E-state index contributed by atoms with van der Waals surface area (Å²) in [6, 6.07) is 18.1. The van der Waals surface area contributed by atoms with Gasteiger partial charge in [0.2, 0.25) is 0 Å². The van der Waals surface area contributed by atoms with Gasteiger partial charge in [0.15, 0.2) is 6.29 Å². The summed E-state index contributed by atoms with van der Waals surface area (Å²) in [5.41, 5.74) is 7.25. The second-order valence-corrected chi connectivity index (χ2v) is 9.55. The summed E-state index contributed by atoms with van der Waals surface area (Å²) in [4.78, 5) is 13.6. The number of nitriles is 1. The smallest absolute Gasteiger partial charge is 0.259 e. The SMILES string of the molecule is N#C/C(=C\c1ccc(-c2ccc3cc(N4CCCCC4)ccc3c2)o1)C(N)=O.OCC1CC(O)CC(O)O1. The zero-order valence-corrected chi connectivity index (χ0v) is 21.1. The molecule has 3 heterocycles. The lowest BCUT2D eigenvalue weighted by molar-refractivity contribution is -0.197. The van der Waals surface area contributed by atoms with Crippen molar-refractivity contribution in [2.45, 2.75) is 50.6 Å². The second kappa shape index (κ2) is 12.7. The molecule has 9 nitrogen and oxygen atoms in total. The average Bonchev–Trinajstić information content (AvgIpc) is 3.40. The summed E-state index contributed by atoms with van der Waals surface area (Å²) in [5.74, 6) is 0.330. The number of aliphatic hydroxyl groups is 3. The number of anilines is 1. The number of ether oxygens (including phenoxy) is 1. The van der Waals surface area contributed by atoms with Gasteiger partial charge in [-0.2, -0.15) is 5.26 Å². The van der Waals surface area contributed by atoms with Crippen molar-refractivity contribution in [3.8, 4) is 17.4 Å². The molecule has 0 aliphatic carbocycles. The van der Waals surface area contributed by atoms with Gasteiger partial charge in [0.1, 0.15) is 23.2 Å². The molecule has 1 aromatic heterocycles. The number of piperidine rings is 1. The first-order chi connectivity index (χ1) is 18.4. The summed E-state index contributed by atoms with van der Waals surface area (Å²) in [6.45, 7) is 2.11. The number of hydrogen-bond donors (Lipinski definition) is 4. The second-order valence-electron chi connectivity index (χ2n) is 9.55. The van der Waals surface area contributed by atoms with Crippen molar-refractivity contribution in [2.75, 3.05) is 24.6 Å². The minimum Gasteiger partial charge on any atom is -0.457 e. The van der Waals surface area contributed by atoms with Crippen molar-refractivity contribution in [3.63, 3.8) is 0 Å². The van der Waals surface area contributed by atoms with E-state index < -0.39 is 24.4 Å². The topological polar surface area (TPSA) is 153 Å². The number of nitrogens with zero attached hydrogens (tertiary/aromatic N) is 2. The fraction of sp³-hybridized carbons (Fsp3) is 0.379. The minimum absolute atomic E-state index is 0.135. The number of carbonyl (C=O) groups excluding carboxylic acids is 1. The van der Waals surface area contributed by atoms with Crippen LogP contribution < -0.4 is 10.6 Å². The Bertz CT molecular complexity index is 1310. The first-order valence-electron chi connectivity index (χ1n) is 12.8. The number of amides is 1. The van der Waals surface area contributed by atoms with Gasteiger partial charge in [0.05, 0.1) is 18.8 Å². The Morgan fingerprint density at radius 3 is 2.47 bits per heavy atom. The third-order valence-corrected chi connectivity index (χ3v) is 6.69. The van der Waals surface area contributed by atoms with Gasteiger partial charge in [-0.05, 0) is 60.4 Å². The molecule has 5 rings (SSSR count). The average molecular weight is 520 g/mol. The van der Waals surface area contributed by atoms with Crippen molar-refractivity contribution in [3.05, 3.63) is 59.9 Å². The van der Waals surface area contributed by atoms with Crippen LogP contribution in [0.15, 0.2) is 58.5 Å². The number of rotatable bonds is 5. The number of furan rings is 1. The van der Waals surface area contributed by atoms with E-state index in [0.717, 1.165) is 24.0 Å². The van der Waals surface area contributed by atoms with Crippen LogP contribution in [0.4, 0.5) is 5.69 Å². The normalized spacial score (nSPS) is 21.9. The Balaban J connectivity index is 0.000000283. The molecule has 3 aromatic rings. The molecule has 2 aliphatic rings. The monoisotopic (exact) mass is 519 g/mol. The Morgan fingerprint density at radius 1 is 1.05 bits per heavy atom. The number of nitrogens with two attached hydrogens (primary N) is 1. The number of aliphatic hydroxyl groups excluding tert-OH is 3. The largest absolute Gasteiger partial charge is 0.457 e. The Morgan fingerprint density at radius 2 is 1.79 bits per heavy atom. The number of benzene rings is 2. The molecule has 2 saturated heterocycles. The molecule has 2 aliphatic heterocycles. The summed E-state index contributed by atoms with van der Waals surface area (Å²) >= 11 is 0. The van der Waals surface area contributed by atoms with Crippen LogP contribution in [0.5, 0.6) is 0 Å². The van der Waals surface area contributed by atoms with Crippen LogP contribution in [0.2, 0.25) is 0 Å². The Hall–Kier alpha value is -3.68. The van der Waals surface area contributed by atoms with Gasteiger partial charge in [-0.25, -0.2) is 0 Å². The minimum atomic E-state index is -0.916. The molecular formula is C29H33N3O6. The van der Waals surface area contributed by atoms with Gasteiger partial charge in [-0.3, -0.25) is 4.79 Å². The van der Waals surface area contributed by atoms with Gasteiger partial charge < -0.3 is 35.1 Å². The van der Waals surface area contributed by atoms with E-state index in [4.69, 9.17) is 35.5 Å². The molecule has 0 saturated carbocycles. The maximum absolute atomic E-state index is 11.2. The quantitative estimate of drug-likeness (QED) is 0.296. The van der Waals surface area contributed by atoms with E-state index in [1.54, 1.807) is 12.1 Å². The fourth-order valence-corrected chi connectivity index (χ4v) is 4.70. The first-order valence-corrected chi connectivity index (χ1v) is 12.8. The zero-order chi connectivity index (χ0) is 27.1. The van der Waals surface area contributed by atoms with E-state index in [-0.39, 0.29) is 18.6 Å². The van der Waals surface area contributed by atoms with Crippen LogP contribution in [-0.4, -0.2) is 59.4 Å². The molecule has 9 heteroatoms. The van der Waals surface area contributed by atoms with Crippen molar-refractivity contribution < 1.29 is 29.3 Å². The Labute approximate surface area is 221 Å². The molecule has 5 N–H and O–H groups in total. The highest BCUT2D eigenvalue weighted by atomic mass is 16.6. The van der Waals surface area contributed by atoms with Gasteiger partial charge >= 0.3 is 0 Å². The van der Waals surface area contributed by atoms with Crippen LogP contribution in [0.3, 0.4) is 0 Å². The summed E-state index contributed by atoms with van der Waals surface area (Å²) < 4.78 is 10.6. The molecule has 1 amide bonds. The molecule has 2 aromatic carbocycles. The molecule has 3 atom stereocenters. The van der Waals surface area contributed by atoms with Crippen LogP contribution in [-0.2, 0) is 9.53 Å². The van der Waals surface area contributed by atoms with Crippen molar-refractivity contribution in [1.29, 1.82) is 5.26 Å². The van der Waals surface area contributed by atoms with Gasteiger partial charge in [-0.15, -0.1) is 0 Å². The highest BCUT2D eigenvalue weighted by molar-refractivity contribution is 6.00. The number of carbonyl (C=O) groups is 1. The third-order valence-electron chi connectivity index (χ3n) is 6.69. The molecule has 0 radical (unpaired) electrons. The highest BCUT2D eigenvalue weighted by Gasteiger charge is 2.26. The first kappa shape index (κ1) is 27.4. The lowest BCUT2D eigenvalue weighted by Crippen LogP contribution is -2.37. The molecule has 0 bridgehead atoms. The third kappa shape index (κ3) is 7.00. The van der Waals surface area contributed by atoms with Crippen molar-refractivity contribution >= 4 is 28.4 Å². The van der Waals surface area contributed by atoms with E-state index in [0.29, 0.717) is 17.9 Å². The molecular weight excluding hydrogens is 486 g/mol. The number of hydrogen-bond acceptors (Lipinski definition) is 8. The fourth-order valence-electron chi connectivity index (χ4n) is 4.70. The van der Waals surface area contributed by atoms with E-state index in [1.807, 2.05) is 12.1 Å². The van der Waals surface area contributed by atoms with Crippen molar-refractivity contribution in [2.24, 2.45) is 5.73 Å². The van der Waals surface area contributed by atoms with E-state index in [1.165, 1.54) is 36.4 Å². The van der Waals surface area contributed by atoms with Gasteiger partial charge in [0.25, 0.3) is 5.91 Å². The summed E-state index contributed by atoms with van der Waals surface area (Å²) in [7, 11) is 0. The van der Waals surface area contributed by atoms with E-state index in [2.05, 4.69) is 35.2 Å². The zero-order valence-electron chi connectivity index (χ0n) is 21.1. The maximum atomic E-state index is 11.2. The highest BCUT2D eigenvalue weighted by Crippen LogP contribution is 2.30. The predicted molar refractivity (Wildman–Crippen MR) is 144 cm³/mol. The summed E-state index contributed by atoms with van der Waals surface area (Å²) in [6.07, 6.45) is 4.00. The molecule has 38 heavy (non-hydrogen) atoms. The van der Waals surface area contributed by atoms with Gasteiger partial charge in [-0.1, -0.05) is 18.2 Å². The maximum Gasteiger partial charge on any atom is 0.259 e. The molecule has 3 unspecified atom stereocenters. The number of fused-ring (bicyclic) bond motifs is 1. The number of primary amides is 1. The van der Waals surface area contributed by atoms with Crippen LogP contribution in [0.25, 0.3) is 28.2 Å². The van der Waals surface area contributed by atoms with Crippen LogP contribution in [0.1, 0.15) is 37.9 Å². The van der Waals surface area contributed by atoms with Crippen molar-refractivity contribution in [1.82, 2.24) is 0 Å². The molecule has 0 spiro atoms. The van der Waals surface area contributed by atoms with E-state index in [9.17, 15) is 4.79 Å². The lowest BCUT2D eigenvalue weighted by Gasteiger charge is -2.29. The molecule has 200 valence electrons. The van der Waals surface area contributed by atoms with E-state index >= 15 is 0 Å². The van der Waals surface area contributed by atoms with Gasteiger partial charge in [0, 0.05) is 43.3 Å². The van der Waals surface area contributed by atoms with Crippen LogP contribution in [0, 0.1) is 11.3 Å². The standard InChI is InChI=1S/C23H21N3O2.C6H12O4/c24-15-19(23(25)27)14-21-8-9-22(28-21)18-5-4-17-13-20(7-6-16(17)12-18)26-10-2-1-3-11-26;7-3-5-1-4(8)2-6(9)10-5/h4-9,12-14H,1-3,10-11H2,(H2,25,27);4-9H,1-3H2/b19-14+;.